The summed E-state index contributed by atoms with van der Waals surface area (Å²) in [5, 5.41) is 11.6. The Morgan fingerprint density at radius 3 is 2.58 bits per heavy atom. The van der Waals surface area contributed by atoms with Crippen LogP contribution in [-0.2, 0) is 4.79 Å². The van der Waals surface area contributed by atoms with Crippen molar-refractivity contribution >= 4 is 5.91 Å². The third-order valence-corrected chi connectivity index (χ3v) is 1.78. The molecule has 0 aromatic carbocycles. The molecule has 0 bridgehead atoms. The number of carbonyl (C=O) groups excluding carboxylic acids is 1. The Morgan fingerprint density at radius 2 is 2.25 bits per heavy atom. The first-order chi connectivity index (χ1) is 5.58. The molecule has 3 nitrogen and oxygen atoms in total. The van der Waals surface area contributed by atoms with Crippen molar-refractivity contribution in [2.75, 3.05) is 6.61 Å². The van der Waals surface area contributed by atoms with Crippen molar-refractivity contribution in [3.63, 3.8) is 0 Å². The molecule has 0 fully saturated rings. The van der Waals surface area contributed by atoms with E-state index < -0.39 is 5.54 Å². The van der Waals surface area contributed by atoms with Crippen molar-refractivity contribution in [3.05, 3.63) is 0 Å². The molecule has 0 aliphatic rings. The molecular formula is C9H15NO2. The normalized spacial score (nSPS) is 14.0. The largest absolute Gasteiger partial charge is 0.394 e. The van der Waals surface area contributed by atoms with Crippen LogP contribution in [-0.4, -0.2) is 23.2 Å². The van der Waals surface area contributed by atoms with Gasteiger partial charge in [0.05, 0.1) is 12.1 Å². The predicted octanol–water partition coefficient (Wildman–Crippen LogP) is 0.287. The minimum Gasteiger partial charge on any atom is -0.394 e. The van der Waals surface area contributed by atoms with Gasteiger partial charge in [-0.05, 0) is 26.2 Å². The molecule has 0 saturated heterocycles. The number of aliphatic hydroxyl groups is 1. The fourth-order valence-electron chi connectivity index (χ4n) is 0.659. The number of hydrogen-bond donors (Lipinski definition) is 2. The Morgan fingerprint density at radius 1 is 1.67 bits per heavy atom. The minimum absolute atomic E-state index is 0.0688. The van der Waals surface area contributed by atoms with Gasteiger partial charge in [0.1, 0.15) is 0 Å². The molecule has 0 saturated carbocycles. The molecule has 3 heteroatoms. The molecule has 1 atom stereocenters. The zero-order valence-electron chi connectivity index (χ0n) is 7.77. The lowest BCUT2D eigenvalue weighted by Crippen LogP contribution is -2.47. The number of aliphatic hydroxyl groups excluding tert-OH is 1. The fourth-order valence-corrected chi connectivity index (χ4v) is 0.659. The Balaban J connectivity index is 4.18. The summed E-state index contributed by atoms with van der Waals surface area (Å²) in [4.78, 5) is 11.0. The summed E-state index contributed by atoms with van der Waals surface area (Å²) in [6.07, 6.45) is 0.681. The van der Waals surface area contributed by atoms with E-state index in [9.17, 15) is 4.79 Å². The van der Waals surface area contributed by atoms with Crippen LogP contribution in [0.25, 0.3) is 0 Å². The molecule has 0 radical (unpaired) electrons. The lowest BCUT2D eigenvalue weighted by atomic mass is 10.0. The second-order valence-corrected chi connectivity index (χ2v) is 2.90. The van der Waals surface area contributed by atoms with Crippen molar-refractivity contribution < 1.29 is 9.90 Å². The van der Waals surface area contributed by atoms with Gasteiger partial charge in [-0.3, -0.25) is 4.79 Å². The molecule has 1 unspecified atom stereocenters. The lowest BCUT2D eigenvalue weighted by molar-refractivity contribution is -0.117. The topological polar surface area (TPSA) is 49.3 Å². The molecule has 68 valence electrons. The molecule has 2 N–H and O–H groups in total. The maximum atomic E-state index is 11.0. The first-order valence-corrected chi connectivity index (χ1v) is 3.93. The number of carbonyl (C=O) groups is 1. The smallest absolute Gasteiger partial charge is 0.296 e. The van der Waals surface area contributed by atoms with Gasteiger partial charge in [-0.2, -0.15) is 0 Å². The standard InChI is InChI=1S/C9H15NO2/c1-4-6-8(12)10-9(3,5-2)7-11/h11H,5,7H2,1-3H3,(H,10,12). The van der Waals surface area contributed by atoms with E-state index in [1.165, 1.54) is 0 Å². The molecule has 0 aromatic heterocycles. The molecule has 0 aliphatic heterocycles. The van der Waals surface area contributed by atoms with Gasteiger partial charge in [0.2, 0.25) is 0 Å². The summed E-state index contributed by atoms with van der Waals surface area (Å²) in [5.41, 5.74) is -0.541. The van der Waals surface area contributed by atoms with Crippen molar-refractivity contribution in [1.29, 1.82) is 0 Å². The third-order valence-electron chi connectivity index (χ3n) is 1.78. The number of nitrogens with one attached hydrogen (secondary N) is 1. The molecule has 1 amide bonds. The Hall–Kier alpha value is -1.01. The van der Waals surface area contributed by atoms with Gasteiger partial charge in [-0.15, -0.1) is 0 Å². The molecular weight excluding hydrogens is 154 g/mol. The van der Waals surface area contributed by atoms with E-state index in [0.29, 0.717) is 6.42 Å². The van der Waals surface area contributed by atoms with Gasteiger partial charge in [0.25, 0.3) is 5.91 Å². The third kappa shape index (κ3) is 3.40. The van der Waals surface area contributed by atoms with E-state index in [2.05, 4.69) is 17.2 Å². The fraction of sp³-hybridized carbons (Fsp3) is 0.667. The van der Waals surface area contributed by atoms with Crippen LogP contribution in [0, 0.1) is 11.8 Å². The zero-order valence-corrected chi connectivity index (χ0v) is 7.77. The Bertz CT molecular complexity index is 208. The van der Waals surface area contributed by atoms with E-state index in [1.54, 1.807) is 13.8 Å². The van der Waals surface area contributed by atoms with Crippen LogP contribution in [0.2, 0.25) is 0 Å². The van der Waals surface area contributed by atoms with Crippen molar-refractivity contribution in [2.45, 2.75) is 32.7 Å². The van der Waals surface area contributed by atoms with Gasteiger partial charge in [0.15, 0.2) is 0 Å². The first-order valence-electron chi connectivity index (χ1n) is 3.93. The van der Waals surface area contributed by atoms with Crippen LogP contribution in [0.15, 0.2) is 0 Å². The SMILES string of the molecule is CC#CC(=O)NC(C)(CC)CO. The zero-order chi connectivity index (χ0) is 9.61. The average Bonchev–Trinajstić information content (AvgIpc) is 2.05. The highest BCUT2D eigenvalue weighted by Gasteiger charge is 2.21. The summed E-state index contributed by atoms with van der Waals surface area (Å²) >= 11 is 0. The summed E-state index contributed by atoms with van der Waals surface area (Å²) in [5.74, 6) is 4.52. The Labute approximate surface area is 73.2 Å². The van der Waals surface area contributed by atoms with Gasteiger partial charge in [-0.25, -0.2) is 0 Å². The van der Waals surface area contributed by atoms with Crippen LogP contribution in [0.4, 0.5) is 0 Å². The quantitative estimate of drug-likeness (QED) is 0.596. The maximum absolute atomic E-state index is 11.0. The lowest BCUT2D eigenvalue weighted by Gasteiger charge is -2.25. The van der Waals surface area contributed by atoms with Crippen LogP contribution in [0.1, 0.15) is 27.2 Å². The average molecular weight is 169 g/mol. The van der Waals surface area contributed by atoms with E-state index in [1.807, 2.05) is 6.92 Å². The van der Waals surface area contributed by atoms with Crippen LogP contribution >= 0.6 is 0 Å². The van der Waals surface area contributed by atoms with Crippen molar-refractivity contribution in [1.82, 2.24) is 5.32 Å². The van der Waals surface area contributed by atoms with E-state index in [4.69, 9.17) is 5.11 Å². The monoisotopic (exact) mass is 169 g/mol. The molecule has 0 aliphatic carbocycles. The molecule has 12 heavy (non-hydrogen) atoms. The number of rotatable bonds is 3. The van der Waals surface area contributed by atoms with Crippen molar-refractivity contribution in [2.24, 2.45) is 0 Å². The van der Waals surface area contributed by atoms with Gasteiger partial charge < -0.3 is 10.4 Å². The molecule has 0 aromatic rings. The molecule has 0 spiro atoms. The minimum atomic E-state index is -0.541. The summed E-state index contributed by atoms with van der Waals surface area (Å²) < 4.78 is 0. The molecule has 0 heterocycles. The van der Waals surface area contributed by atoms with E-state index >= 15 is 0 Å². The van der Waals surface area contributed by atoms with E-state index in [0.717, 1.165) is 0 Å². The highest BCUT2D eigenvalue weighted by molar-refractivity contribution is 5.93. The maximum Gasteiger partial charge on any atom is 0.296 e. The number of hydrogen-bond acceptors (Lipinski definition) is 2. The summed E-state index contributed by atoms with van der Waals surface area (Å²) in [6, 6.07) is 0. The predicted molar refractivity (Wildman–Crippen MR) is 47.4 cm³/mol. The Kier molecular flexibility index (Phi) is 4.38. The van der Waals surface area contributed by atoms with Crippen LogP contribution in [0.5, 0.6) is 0 Å². The highest BCUT2D eigenvalue weighted by atomic mass is 16.3. The first kappa shape index (κ1) is 11.0. The summed E-state index contributed by atoms with van der Waals surface area (Å²) in [7, 11) is 0. The highest BCUT2D eigenvalue weighted by Crippen LogP contribution is 2.06. The summed E-state index contributed by atoms with van der Waals surface area (Å²) in [6.45, 7) is 5.21. The van der Waals surface area contributed by atoms with Crippen LogP contribution < -0.4 is 5.32 Å². The van der Waals surface area contributed by atoms with Gasteiger partial charge >= 0.3 is 0 Å². The molecule has 0 rings (SSSR count). The van der Waals surface area contributed by atoms with Crippen molar-refractivity contribution in [3.8, 4) is 11.8 Å². The number of amides is 1. The second-order valence-electron chi connectivity index (χ2n) is 2.90. The van der Waals surface area contributed by atoms with E-state index in [-0.39, 0.29) is 12.5 Å². The van der Waals surface area contributed by atoms with Gasteiger partial charge in [-0.1, -0.05) is 12.8 Å². The van der Waals surface area contributed by atoms with Gasteiger partial charge in [0, 0.05) is 0 Å². The van der Waals surface area contributed by atoms with Crippen LogP contribution in [0.3, 0.4) is 0 Å². The second kappa shape index (κ2) is 4.78.